The number of carbonyl (C=O) groups is 3. The topological polar surface area (TPSA) is 113 Å². The average molecular weight is 659 g/mol. The predicted molar refractivity (Wildman–Crippen MR) is 168 cm³/mol. The Morgan fingerprint density at radius 1 is 1.11 bits per heavy atom. The number of ether oxygens (including phenoxy) is 1. The summed E-state index contributed by atoms with van der Waals surface area (Å²) >= 11 is 12.6. The van der Waals surface area contributed by atoms with E-state index in [1.165, 1.54) is 12.3 Å². The van der Waals surface area contributed by atoms with E-state index in [9.17, 15) is 14.4 Å². The quantitative estimate of drug-likeness (QED) is 0.411. The standard InChI is InChI=1S/C33H38Cl2FN5O4/c1-31(2)9-11-32(12-10-31)33(21-6-4-18(34)16-22(21)39-30(33)44)24(20-8-13-37-27(35)25(20)36)26(40-32)28(42)38-19-5-7-23(45-17-19)29(43)41-14-3-15-41/h4,6,8,13,16,19,23-24,26,40H,3,5,7,9-12,14-15,17H2,1-2H3,(H,38,42)(H,39,44)/t19-,23+,24+,26-,33-/m1/s1. The summed E-state index contributed by atoms with van der Waals surface area (Å²) in [5, 5.41) is 9.99. The fraction of sp³-hybridized carbons (Fsp3) is 0.576. The van der Waals surface area contributed by atoms with Gasteiger partial charge in [0.2, 0.25) is 11.8 Å². The first-order valence-corrected chi connectivity index (χ1v) is 16.6. The van der Waals surface area contributed by atoms with Gasteiger partial charge in [0.25, 0.3) is 5.91 Å². The van der Waals surface area contributed by atoms with E-state index in [1.807, 2.05) is 6.07 Å². The largest absolute Gasteiger partial charge is 0.366 e. The van der Waals surface area contributed by atoms with Crippen LogP contribution >= 0.6 is 23.2 Å². The van der Waals surface area contributed by atoms with Crippen molar-refractivity contribution in [2.75, 3.05) is 25.0 Å². The predicted octanol–water partition coefficient (Wildman–Crippen LogP) is 4.71. The number of hydrogen-bond acceptors (Lipinski definition) is 6. The smallest absolute Gasteiger partial charge is 0.251 e. The summed E-state index contributed by atoms with van der Waals surface area (Å²) in [5.41, 5.74) is -0.764. The van der Waals surface area contributed by atoms with Crippen molar-refractivity contribution < 1.29 is 23.5 Å². The fourth-order valence-corrected chi connectivity index (χ4v) is 8.76. The number of likely N-dealkylation sites (tertiary alicyclic amines) is 1. The van der Waals surface area contributed by atoms with Crippen molar-refractivity contribution >= 4 is 46.6 Å². The summed E-state index contributed by atoms with van der Waals surface area (Å²) in [5.74, 6) is -2.35. The number of rotatable bonds is 4. The molecule has 0 unspecified atom stereocenters. The van der Waals surface area contributed by atoms with E-state index in [1.54, 1.807) is 17.0 Å². The lowest BCUT2D eigenvalue weighted by Gasteiger charge is -2.50. The summed E-state index contributed by atoms with van der Waals surface area (Å²) in [6.45, 7) is 6.11. The zero-order valence-electron chi connectivity index (χ0n) is 25.4. The van der Waals surface area contributed by atoms with Crippen molar-refractivity contribution in [3.8, 4) is 0 Å². The summed E-state index contributed by atoms with van der Waals surface area (Å²) in [6, 6.07) is 5.48. The molecule has 4 fully saturated rings. The Labute approximate surface area is 271 Å². The van der Waals surface area contributed by atoms with Gasteiger partial charge >= 0.3 is 0 Å². The van der Waals surface area contributed by atoms with Crippen LogP contribution in [0.25, 0.3) is 0 Å². The number of benzene rings is 1. The summed E-state index contributed by atoms with van der Waals surface area (Å²) in [6.07, 6.45) is 5.79. The highest BCUT2D eigenvalue weighted by Gasteiger charge is 2.73. The molecule has 9 nitrogen and oxygen atoms in total. The Morgan fingerprint density at radius 3 is 2.53 bits per heavy atom. The average Bonchev–Trinajstić information content (AvgIpc) is 3.43. The minimum absolute atomic E-state index is 0.00344. The van der Waals surface area contributed by atoms with Gasteiger partial charge in [-0.25, -0.2) is 9.37 Å². The molecule has 7 rings (SSSR count). The second-order valence-electron chi connectivity index (χ2n) is 14.1. The highest BCUT2D eigenvalue weighted by Crippen LogP contribution is 2.64. The Bertz CT molecular complexity index is 1550. The SMILES string of the molecule is CC1(C)CCC2(CC1)N[C@@H](C(=O)N[C@@H]1CC[C@@H](C(=O)N3CCC3)OC1)[C@H](c1ccnc(Cl)c1F)[C@]21C(=O)Nc2cc(Cl)ccc21. The van der Waals surface area contributed by atoms with Crippen molar-refractivity contribution in [1.82, 2.24) is 20.5 Å². The van der Waals surface area contributed by atoms with Crippen LogP contribution in [0, 0.1) is 11.2 Å². The summed E-state index contributed by atoms with van der Waals surface area (Å²) < 4.78 is 22.0. The van der Waals surface area contributed by atoms with Crippen molar-refractivity contribution in [2.24, 2.45) is 5.41 Å². The van der Waals surface area contributed by atoms with Gasteiger partial charge in [-0.1, -0.05) is 43.1 Å². The summed E-state index contributed by atoms with van der Waals surface area (Å²) in [7, 11) is 0. The number of nitrogens with one attached hydrogen (secondary N) is 3. The van der Waals surface area contributed by atoms with Crippen molar-refractivity contribution in [3.63, 3.8) is 0 Å². The first kappa shape index (κ1) is 30.8. The van der Waals surface area contributed by atoms with E-state index in [4.69, 9.17) is 27.9 Å². The molecule has 5 aliphatic rings. The van der Waals surface area contributed by atoms with Crippen LogP contribution in [0.4, 0.5) is 10.1 Å². The molecule has 240 valence electrons. The van der Waals surface area contributed by atoms with Gasteiger partial charge in [0, 0.05) is 41.5 Å². The first-order chi connectivity index (χ1) is 21.5. The van der Waals surface area contributed by atoms with Gasteiger partial charge in [-0.15, -0.1) is 0 Å². The molecular weight excluding hydrogens is 620 g/mol. The molecule has 5 heterocycles. The van der Waals surface area contributed by atoms with Crippen LogP contribution in [0.5, 0.6) is 0 Å². The van der Waals surface area contributed by atoms with E-state index in [-0.39, 0.29) is 46.5 Å². The van der Waals surface area contributed by atoms with Gasteiger partial charge in [-0.2, -0.15) is 0 Å². The number of pyridine rings is 1. The lowest BCUT2D eigenvalue weighted by molar-refractivity contribution is -0.151. The molecule has 3 saturated heterocycles. The maximum atomic E-state index is 16.1. The lowest BCUT2D eigenvalue weighted by Crippen LogP contribution is -2.61. The Morgan fingerprint density at radius 2 is 1.87 bits per heavy atom. The zero-order valence-corrected chi connectivity index (χ0v) is 26.9. The van der Waals surface area contributed by atoms with Gasteiger partial charge < -0.3 is 20.3 Å². The van der Waals surface area contributed by atoms with Crippen LogP contribution in [-0.4, -0.2) is 71.0 Å². The number of fused-ring (bicyclic) bond motifs is 3. The van der Waals surface area contributed by atoms with Crippen LogP contribution in [0.1, 0.15) is 75.8 Å². The number of halogens is 3. The number of aromatic nitrogens is 1. The molecule has 12 heteroatoms. The molecule has 0 radical (unpaired) electrons. The molecule has 1 aliphatic carbocycles. The molecule has 4 aliphatic heterocycles. The van der Waals surface area contributed by atoms with Gasteiger partial charge in [0.1, 0.15) is 11.5 Å². The molecule has 5 atom stereocenters. The Hall–Kier alpha value is -2.79. The first-order valence-electron chi connectivity index (χ1n) is 15.9. The van der Waals surface area contributed by atoms with Crippen LogP contribution in [0.3, 0.4) is 0 Å². The van der Waals surface area contributed by atoms with Crippen LogP contribution in [0.15, 0.2) is 30.5 Å². The highest BCUT2D eigenvalue weighted by atomic mass is 35.5. The van der Waals surface area contributed by atoms with Crippen LogP contribution < -0.4 is 16.0 Å². The van der Waals surface area contributed by atoms with Gasteiger partial charge in [-0.05, 0) is 79.7 Å². The van der Waals surface area contributed by atoms with E-state index >= 15 is 4.39 Å². The lowest BCUT2D eigenvalue weighted by atomic mass is 9.53. The van der Waals surface area contributed by atoms with Crippen LogP contribution in [-0.2, 0) is 24.5 Å². The third-order valence-electron chi connectivity index (χ3n) is 11.0. The number of hydrogen-bond donors (Lipinski definition) is 3. The van der Waals surface area contributed by atoms with Crippen molar-refractivity contribution in [2.45, 2.75) is 93.9 Å². The minimum atomic E-state index is -1.34. The Balaban J connectivity index is 1.28. The Kier molecular flexibility index (Phi) is 7.66. The molecule has 1 aromatic carbocycles. The van der Waals surface area contributed by atoms with E-state index in [2.05, 4.69) is 34.8 Å². The molecule has 0 bridgehead atoms. The molecule has 2 aromatic rings. The molecule has 3 amide bonds. The monoisotopic (exact) mass is 657 g/mol. The number of carbonyl (C=O) groups excluding carboxylic acids is 3. The third kappa shape index (κ3) is 4.86. The fourth-order valence-electron chi connectivity index (χ4n) is 8.42. The van der Waals surface area contributed by atoms with Gasteiger partial charge in [0.15, 0.2) is 11.0 Å². The van der Waals surface area contributed by atoms with E-state index in [0.717, 1.165) is 32.4 Å². The van der Waals surface area contributed by atoms with Crippen molar-refractivity contribution in [3.05, 3.63) is 57.6 Å². The minimum Gasteiger partial charge on any atom is -0.366 e. The van der Waals surface area contributed by atoms with Crippen molar-refractivity contribution in [1.29, 1.82) is 0 Å². The second kappa shape index (κ2) is 11.2. The molecule has 2 spiro atoms. The molecule has 45 heavy (non-hydrogen) atoms. The molecule has 1 saturated carbocycles. The van der Waals surface area contributed by atoms with Crippen LogP contribution in [0.2, 0.25) is 10.2 Å². The van der Waals surface area contributed by atoms with E-state index in [0.29, 0.717) is 42.0 Å². The molecule has 1 aromatic heterocycles. The van der Waals surface area contributed by atoms with Gasteiger partial charge in [-0.3, -0.25) is 19.7 Å². The number of amides is 3. The zero-order chi connectivity index (χ0) is 31.7. The second-order valence-corrected chi connectivity index (χ2v) is 14.9. The normalized spacial score (nSPS) is 31.4. The number of anilines is 1. The molecular formula is C33H38Cl2FN5O4. The molecule has 3 N–H and O–H groups in total. The maximum absolute atomic E-state index is 16.1. The van der Waals surface area contributed by atoms with E-state index < -0.39 is 34.8 Å². The maximum Gasteiger partial charge on any atom is 0.251 e. The number of nitrogens with zero attached hydrogens (tertiary/aromatic N) is 2. The third-order valence-corrected chi connectivity index (χ3v) is 11.5. The summed E-state index contributed by atoms with van der Waals surface area (Å²) in [4.78, 5) is 47.4. The van der Waals surface area contributed by atoms with Gasteiger partial charge in [0.05, 0.1) is 18.7 Å². The highest BCUT2D eigenvalue weighted by molar-refractivity contribution is 6.31.